The van der Waals surface area contributed by atoms with Gasteiger partial charge in [0.15, 0.2) is 0 Å². The lowest BCUT2D eigenvalue weighted by Crippen LogP contribution is -2.32. The third kappa shape index (κ3) is 3.06. The zero-order valence-electron chi connectivity index (χ0n) is 10.4. The fourth-order valence-electron chi connectivity index (χ4n) is 1.95. The Labute approximate surface area is 101 Å². The lowest BCUT2D eigenvalue weighted by molar-refractivity contribution is 0.00320. The minimum atomic E-state index is -0.0650. The van der Waals surface area contributed by atoms with E-state index in [0.29, 0.717) is 6.54 Å². The average molecular weight is 237 g/mol. The molecule has 0 bridgehead atoms. The normalized spacial score (nSPS) is 20.2. The molecule has 1 atom stereocenters. The number of aromatic nitrogens is 2. The van der Waals surface area contributed by atoms with Crippen molar-refractivity contribution in [2.75, 3.05) is 25.6 Å². The molecule has 1 saturated heterocycles. The second kappa shape index (κ2) is 5.31. The number of rotatable bonds is 3. The van der Waals surface area contributed by atoms with Crippen LogP contribution in [0, 0.1) is 0 Å². The van der Waals surface area contributed by atoms with E-state index in [1.807, 2.05) is 19.0 Å². The average Bonchev–Trinajstić information content (AvgIpc) is 2.33. The van der Waals surface area contributed by atoms with E-state index in [-0.39, 0.29) is 11.7 Å². The van der Waals surface area contributed by atoms with Crippen LogP contribution >= 0.6 is 0 Å². The molecule has 1 fully saturated rings. The molecule has 0 spiro atoms. The van der Waals surface area contributed by atoms with Crippen LogP contribution in [-0.4, -0.2) is 36.6 Å². The van der Waals surface area contributed by atoms with Gasteiger partial charge >= 0.3 is 0 Å². The molecule has 1 aromatic heterocycles. The van der Waals surface area contributed by atoms with Gasteiger partial charge in [0.1, 0.15) is 5.82 Å². The Bertz CT molecular complexity index is 422. The molecule has 0 amide bonds. The van der Waals surface area contributed by atoms with Gasteiger partial charge in [0.25, 0.3) is 5.56 Å². The van der Waals surface area contributed by atoms with Crippen molar-refractivity contribution >= 4 is 5.82 Å². The molecule has 17 heavy (non-hydrogen) atoms. The fourth-order valence-corrected chi connectivity index (χ4v) is 1.95. The highest BCUT2D eigenvalue weighted by Gasteiger charge is 2.15. The fraction of sp³-hybridized carbons (Fsp3) is 0.667. The quantitative estimate of drug-likeness (QED) is 0.783. The highest BCUT2D eigenvalue weighted by atomic mass is 16.5. The van der Waals surface area contributed by atoms with Crippen molar-refractivity contribution in [2.24, 2.45) is 0 Å². The Morgan fingerprint density at radius 3 is 2.94 bits per heavy atom. The summed E-state index contributed by atoms with van der Waals surface area (Å²) in [5.74, 6) is 0.792. The Hall–Kier alpha value is -1.36. The van der Waals surface area contributed by atoms with Crippen LogP contribution in [0.4, 0.5) is 5.82 Å². The van der Waals surface area contributed by atoms with E-state index in [4.69, 9.17) is 4.74 Å². The first kappa shape index (κ1) is 12.1. The SMILES string of the molecule is CN(C)c1ccc(=O)n(CC2CCCCO2)n1. The number of anilines is 1. The minimum Gasteiger partial charge on any atom is -0.376 e. The van der Waals surface area contributed by atoms with Crippen LogP contribution in [0.5, 0.6) is 0 Å². The van der Waals surface area contributed by atoms with Crippen molar-refractivity contribution in [3.8, 4) is 0 Å². The first-order valence-corrected chi connectivity index (χ1v) is 6.04. The van der Waals surface area contributed by atoms with Gasteiger partial charge < -0.3 is 9.64 Å². The molecule has 1 aromatic rings. The van der Waals surface area contributed by atoms with Gasteiger partial charge in [0, 0.05) is 26.8 Å². The van der Waals surface area contributed by atoms with E-state index < -0.39 is 0 Å². The maximum absolute atomic E-state index is 11.7. The predicted molar refractivity (Wildman–Crippen MR) is 66.4 cm³/mol. The highest BCUT2D eigenvalue weighted by Crippen LogP contribution is 2.13. The second-order valence-corrected chi connectivity index (χ2v) is 4.59. The van der Waals surface area contributed by atoms with Crippen LogP contribution in [-0.2, 0) is 11.3 Å². The molecule has 0 aliphatic carbocycles. The van der Waals surface area contributed by atoms with E-state index in [1.165, 1.54) is 11.1 Å². The van der Waals surface area contributed by atoms with Gasteiger partial charge in [0.2, 0.25) is 0 Å². The summed E-state index contributed by atoms with van der Waals surface area (Å²) in [6.45, 7) is 1.35. The third-order valence-electron chi connectivity index (χ3n) is 2.96. The molecule has 1 aliphatic heterocycles. The van der Waals surface area contributed by atoms with E-state index in [9.17, 15) is 4.79 Å². The molecule has 5 heteroatoms. The molecule has 2 heterocycles. The van der Waals surface area contributed by atoms with Crippen LogP contribution < -0.4 is 10.5 Å². The van der Waals surface area contributed by atoms with Crippen molar-refractivity contribution < 1.29 is 4.74 Å². The first-order valence-electron chi connectivity index (χ1n) is 6.04. The van der Waals surface area contributed by atoms with Crippen LogP contribution in [0.15, 0.2) is 16.9 Å². The second-order valence-electron chi connectivity index (χ2n) is 4.59. The summed E-state index contributed by atoms with van der Waals surface area (Å²) in [5, 5.41) is 4.32. The summed E-state index contributed by atoms with van der Waals surface area (Å²) < 4.78 is 7.13. The lowest BCUT2D eigenvalue weighted by atomic mass is 10.1. The summed E-state index contributed by atoms with van der Waals surface area (Å²) in [6, 6.07) is 3.30. The van der Waals surface area contributed by atoms with Gasteiger partial charge in [-0.25, -0.2) is 4.68 Å². The van der Waals surface area contributed by atoms with E-state index >= 15 is 0 Å². The topological polar surface area (TPSA) is 47.4 Å². The number of hydrogen-bond donors (Lipinski definition) is 0. The largest absolute Gasteiger partial charge is 0.376 e. The van der Waals surface area contributed by atoms with Crippen molar-refractivity contribution in [3.63, 3.8) is 0 Å². The Morgan fingerprint density at radius 1 is 1.47 bits per heavy atom. The zero-order valence-corrected chi connectivity index (χ0v) is 10.4. The number of ether oxygens (including phenoxy) is 1. The van der Waals surface area contributed by atoms with Crippen LogP contribution in [0.25, 0.3) is 0 Å². The number of nitrogens with zero attached hydrogens (tertiary/aromatic N) is 3. The van der Waals surface area contributed by atoms with Gasteiger partial charge in [-0.15, -0.1) is 0 Å². The van der Waals surface area contributed by atoms with Crippen molar-refractivity contribution in [1.29, 1.82) is 0 Å². The lowest BCUT2D eigenvalue weighted by Gasteiger charge is -2.23. The van der Waals surface area contributed by atoms with E-state index in [2.05, 4.69) is 5.10 Å². The summed E-state index contributed by atoms with van der Waals surface area (Å²) in [7, 11) is 3.82. The Balaban J connectivity index is 2.13. The Morgan fingerprint density at radius 2 is 2.29 bits per heavy atom. The van der Waals surface area contributed by atoms with Crippen LogP contribution in [0.3, 0.4) is 0 Å². The van der Waals surface area contributed by atoms with E-state index in [1.54, 1.807) is 12.1 Å². The van der Waals surface area contributed by atoms with Gasteiger partial charge in [-0.1, -0.05) is 0 Å². The monoisotopic (exact) mass is 237 g/mol. The summed E-state index contributed by atoms with van der Waals surface area (Å²) in [5.41, 5.74) is -0.0650. The van der Waals surface area contributed by atoms with Crippen LogP contribution in [0.2, 0.25) is 0 Å². The van der Waals surface area contributed by atoms with Crippen LogP contribution in [0.1, 0.15) is 19.3 Å². The predicted octanol–water partition coefficient (Wildman–Crippen LogP) is 0.878. The summed E-state index contributed by atoms with van der Waals surface area (Å²) in [6.07, 6.45) is 3.44. The molecule has 2 rings (SSSR count). The minimum absolute atomic E-state index is 0.0650. The maximum Gasteiger partial charge on any atom is 0.266 e. The Kier molecular flexibility index (Phi) is 3.78. The van der Waals surface area contributed by atoms with Gasteiger partial charge in [0.05, 0.1) is 12.6 Å². The molecule has 0 aromatic carbocycles. The van der Waals surface area contributed by atoms with Gasteiger partial charge in [-0.2, -0.15) is 5.10 Å². The van der Waals surface area contributed by atoms with Crippen molar-refractivity contribution in [3.05, 3.63) is 22.5 Å². The zero-order chi connectivity index (χ0) is 12.3. The smallest absolute Gasteiger partial charge is 0.266 e. The molecular formula is C12H19N3O2. The number of hydrogen-bond acceptors (Lipinski definition) is 4. The molecule has 0 N–H and O–H groups in total. The molecule has 0 saturated carbocycles. The molecule has 5 nitrogen and oxygen atoms in total. The van der Waals surface area contributed by atoms with Gasteiger partial charge in [-0.3, -0.25) is 4.79 Å². The summed E-state index contributed by atoms with van der Waals surface area (Å²) >= 11 is 0. The van der Waals surface area contributed by atoms with Crippen molar-refractivity contribution in [2.45, 2.75) is 31.9 Å². The third-order valence-corrected chi connectivity index (χ3v) is 2.96. The maximum atomic E-state index is 11.7. The molecule has 1 aliphatic rings. The molecule has 0 radical (unpaired) electrons. The van der Waals surface area contributed by atoms with Gasteiger partial charge in [-0.05, 0) is 25.3 Å². The first-order chi connectivity index (χ1) is 8.16. The molecular weight excluding hydrogens is 218 g/mol. The van der Waals surface area contributed by atoms with Crippen molar-refractivity contribution in [1.82, 2.24) is 9.78 Å². The highest BCUT2D eigenvalue weighted by molar-refractivity contribution is 5.33. The molecule has 94 valence electrons. The summed E-state index contributed by atoms with van der Waals surface area (Å²) in [4.78, 5) is 13.6. The molecule has 1 unspecified atom stereocenters. The van der Waals surface area contributed by atoms with E-state index in [0.717, 1.165) is 25.3 Å². The standard InChI is InChI=1S/C12H19N3O2/c1-14(2)11-6-7-12(16)15(13-11)9-10-5-3-4-8-17-10/h6-7,10H,3-5,8-9H2,1-2H3.